The van der Waals surface area contributed by atoms with E-state index in [0.717, 1.165) is 33.5 Å². The minimum absolute atomic E-state index is 0.0476. The van der Waals surface area contributed by atoms with E-state index in [2.05, 4.69) is 40.8 Å². The zero-order valence-electron chi connectivity index (χ0n) is 33.7. The third-order valence-electron chi connectivity index (χ3n) is 11.6. The Balaban J connectivity index is 1.18. The third-order valence-corrected chi connectivity index (χ3v) is 12.4. The summed E-state index contributed by atoms with van der Waals surface area (Å²) in [6.07, 6.45) is 0.866. The van der Waals surface area contributed by atoms with Crippen molar-refractivity contribution in [2.45, 2.75) is 70.0 Å². The summed E-state index contributed by atoms with van der Waals surface area (Å²) in [5.41, 5.74) is 9.66. The number of aromatic amines is 1. The van der Waals surface area contributed by atoms with Crippen LogP contribution in [0, 0.1) is 0 Å². The molecule has 2 aliphatic rings. The lowest BCUT2D eigenvalue weighted by atomic mass is 9.92. The van der Waals surface area contributed by atoms with Gasteiger partial charge in [0, 0.05) is 40.4 Å². The molecule has 0 spiro atoms. The van der Waals surface area contributed by atoms with E-state index in [0.29, 0.717) is 23.7 Å². The minimum Gasteiger partial charge on any atom is -0.370 e. The van der Waals surface area contributed by atoms with Crippen LogP contribution in [0.2, 0.25) is 0 Å². The van der Waals surface area contributed by atoms with Crippen molar-refractivity contribution in [3.63, 3.8) is 0 Å². The highest BCUT2D eigenvalue weighted by atomic mass is 31.2. The normalized spacial score (nSPS) is 17.7. The van der Waals surface area contributed by atoms with Gasteiger partial charge in [0.15, 0.2) is 6.54 Å². The monoisotopic (exact) mass is 847 g/mol. The lowest BCUT2D eigenvalue weighted by Crippen LogP contribution is -2.64. The number of hydrogen-bond acceptors (Lipinski definition) is 7. The van der Waals surface area contributed by atoms with Crippen LogP contribution in [0.1, 0.15) is 93.7 Å². The highest BCUT2D eigenvalue weighted by Gasteiger charge is 2.53. The Bertz CT molecular complexity index is 2550. The molecule has 1 aromatic heterocycles. The molecule has 3 heterocycles. The molecule has 4 aromatic carbocycles. The number of nitrogens with two attached hydrogens (primary N) is 1. The number of primary amides is 1. The fourth-order valence-corrected chi connectivity index (χ4v) is 9.17. The molecule has 15 nitrogen and oxygen atoms in total. The molecule has 5 aromatic rings. The Hall–Kier alpha value is -6.25. The largest absolute Gasteiger partial charge is 0.396 e. The number of rotatable bonds is 15. The van der Waals surface area contributed by atoms with Crippen molar-refractivity contribution in [2.75, 3.05) is 13.1 Å². The first-order chi connectivity index (χ1) is 29.1. The number of carbonyl (C=O) groups is 6. The first-order valence-electron chi connectivity index (χ1n) is 20.1. The number of amides is 5. The molecule has 0 saturated heterocycles. The number of fused-ring (bicyclic) bond motifs is 1. The third kappa shape index (κ3) is 8.96. The van der Waals surface area contributed by atoms with Gasteiger partial charge in [0.25, 0.3) is 17.3 Å². The van der Waals surface area contributed by atoms with Crippen LogP contribution in [0.3, 0.4) is 0 Å². The summed E-state index contributed by atoms with van der Waals surface area (Å²) in [6, 6.07) is 25.3. The maximum Gasteiger partial charge on any atom is 0.396 e. The van der Waals surface area contributed by atoms with Crippen molar-refractivity contribution in [2.24, 2.45) is 5.73 Å². The van der Waals surface area contributed by atoms with Crippen molar-refractivity contribution >= 4 is 59.2 Å². The number of benzene rings is 4. The highest BCUT2D eigenvalue weighted by molar-refractivity contribution is 7.70. The summed E-state index contributed by atoms with van der Waals surface area (Å²) in [4.78, 5) is 103. The molecular weight excluding hydrogens is 800 g/mol. The molecule has 2 aliphatic heterocycles. The first kappa shape index (κ1) is 42.9. The number of aryl methyl sites for hydroxylation is 1. The summed E-state index contributed by atoms with van der Waals surface area (Å²) in [5, 5.41) is 9.13. The molecule has 0 aliphatic carbocycles. The number of H-pyrrole nitrogens is 1. The van der Waals surface area contributed by atoms with Gasteiger partial charge in [-0.1, -0.05) is 86.6 Å². The Morgan fingerprint density at radius 1 is 0.885 bits per heavy atom. The average Bonchev–Trinajstić information content (AvgIpc) is 3.82. The van der Waals surface area contributed by atoms with Crippen LogP contribution in [0.4, 0.5) is 5.69 Å². The SMILES string of the molecule is CC(C)c1ccc2c3c1CC[N+]3(CC(=O)N[C@@H](CCC(N)=O)C(=O)NC(c1ccccc1)c1ccccc1)C(=O)[C@@H](NC(=O)c1cc3cc(C(=O)P(=O)(O)O)ccc3[nH]1)CC2. The van der Waals surface area contributed by atoms with Crippen LogP contribution in [-0.4, -0.2) is 75.0 Å². The molecule has 1 unspecified atom stereocenters. The maximum atomic E-state index is 15.1. The van der Waals surface area contributed by atoms with E-state index in [1.54, 1.807) is 0 Å². The van der Waals surface area contributed by atoms with E-state index >= 15 is 4.79 Å². The summed E-state index contributed by atoms with van der Waals surface area (Å²) in [7, 11) is -5.04. The van der Waals surface area contributed by atoms with Gasteiger partial charge in [0.05, 0.1) is 12.6 Å². The van der Waals surface area contributed by atoms with E-state index in [9.17, 15) is 38.3 Å². The van der Waals surface area contributed by atoms with E-state index < -0.39 is 65.3 Å². The van der Waals surface area contributed by atoms with E-state index in [1.807, 2.05) is 66.7 Å². The highest BCUT2D eigenvalue weighted by Crippen LogP contribution is 2.45. The molecule has 16 heteroatoms. The first-order valence-corrected chi connectivity index (χ1v) is 21.8. The van der Waals surface area contributed by atoms with Crippen LogP contribution < -0.4 is 26.2 Å². The van der Waals surface area contributed by atoms with Gasteiger partial charge in [-0.3, -0.25) is 28.5 Å². The Labute approximate surface area is 351 Å². The van der Waals surface area contributed by atoms with E-state index in [4.69, 9.17) is 5.73 Å². The quantitative estimate of drug-likeness (QED) is 0.0583. The Morgan fingerprint density at radius 3 is 2.18 bits per heavy atom. The van der Waals surface area contributed by atoms with E-state index in [-0.39, 0.29) is 49.5 Å². The summed E-state index contributed by atoms with van der Waals surface area (Å²) < 4.78 is 11.2. The molecular formula is C45H48N6O9P+. The van der Waals surface area contributed by atoms with Crippen molar-refractivity contribution in [3.05, 3.63) is 136 Å². The molecule has 316 valence electrons. The molecule has 0 saturated carbocycles. The topological polar surface area (TPSA) is 238 Å². The van der Waals surface area contributed by atoms with Gasteiger partial charge >= 0.3 is 13.5 Å². The van der Waals surface area contributed by atoms with Gasteiger partial charge < -0.3 is 36.5 Å². The van der Waals surface area contributed by atoms with Crippen molar-refractivity contribution in [1.82, 2.24) is 25.4 Å². The zero-order chi connectivity index (χ0) is 43.6. The number of hydrogen-bond donors (Lipinski definition) is 7. The second-order valence-electron chi connectivity index (χ2n) is 16.0. The summed E-state index contributed by atoms with van der Waals surface area (Å²) >= 11 is 0. The summed E-state index contributed by atoms with van der Waals surface area (Å²) in [6.45, 7) is 3.97. The van der Waals surface area contributed by atoms with Gasteiger partial charge in [-0.25, -0.2) is 9.28 Å². The fourth-order valence-electron chi connectivity index (χ4n) is 8.69. The molecule has 0 bridgehead atoms. The predicted molar refractivity (Wildman–Crippen MR) is 228 cm³/mol. The van der Waals surface area contributed by atoms with Gasteiger partial charge in [-0.2, -0.15) is 0 Å². The number of carbonyl (C=O) groups excluding carboxylic acids is 6. The van der Waals surface area contributed by atoms with Crippen molar-refractivity contribution < 1.29 is 43.1 Å². The second-order valence-corrected chi connectivity index (χ2v) is 17.5. The van der Waals surface area contributed by atoms with Gasteiger partial charge in [0.2, 0.25) is 11.8 Å². The lowest BCUT2D eigenvalue weighted by Gasteiger charge is -2.34. The lowest BCUT2D eigenvalue weighted by molar-refractivity contribution is -0.137. The van der Waals surface area contributed by atoms with Crippen LogP contribution in [0.15, 0.2) is 97.1 Å². The average molecular weight is 848 g/mol. The molecule has 5 amide bonds. The van der Waals surface area contributed by atoms with E-state index in [1.165, 1.54) is 24.3 Å². The van der Waals surface area contributed by atoms with Gasteiger partial charge in [0.1, 0.15) is 23.5 Å². The molecule has 0 fully saturated rings. The standard InChI is InChI=1S/C45H47N6O9P/c1-26(2)32-16-13-29-14-18-36(49-43(55)37-24-31-23-30(15-17-34(31)47-37)45(57)61(58,59)60)44(56)51(22-21-33(32)41(29)51)25-39(53)48-35(19-20-38(46)52)42(54)50-40(27-9-5-3-6-10-27)28-11-7-4-8-12-28/h3-13,15-17,23-24,26,35-36,40H,14,18-22,25H2,1-2H3,(H7-,46,47,48,49,50,52,53,54,55,57,58,59,60)/p+1/t35-,36-,51?/m0/s1. The number of nitrogens with one attached hydrogen (secondary N) is 4. The molecule has 7 rings (SSSR count). The zero-order valence-corrected chi connectivity index (χ0v) is 34.6. The molecule has 0 radical (unpaired) electrons. The number of aromatic nitrogens is 1. The van der Waals surface area contributed by atoms with Crippen LogP contribution in [0.5, 0.6) is 0 Å². The van der Waals surface area contributed by atoms with Gasteiger partial charge in [-0.05, 0) is 66.1 Å². The van der Waals surface area contributed by atoms with Crippen LogP contribution in [-0.2, 0) is 36.6 Å². The van der Waals surface area contributed by atoms with Crippen molar-refractivity contribution in [3.8, 4) is 0 Å². The molecule has 8 N–H and O–H groups in total. The fraction of sp³-hybridized carbons (Fsp3) is 0.289. The Morgan fingerprint density at radius 2 is 1.56 bits per heavy atom. The number of nitrogens with zero attached hydrogens (tertiary/aromatic N) is 1. The Kier molecular flexibility index (Phi) is 12.2. The van der Waals surface area contributed by atoms with Crippen LogP contribution >= 0.6 is 7.60 Å². The molecule has 61 heavy (non-hydrogen) atoms. The second kappa shape index (κ2) is 17.4. The van der Waals surface area contributed by atoms with Crippen LogP contribution in [0.25, 0.3) is 10.9 Å². The number of quaternary nitrogens is 1. The van der Waals surface area contributed by atoms with Crippen molar-refractivity contribution in [1.29, 1.82) is 0 Å². The summed E-state index contributed by atoms with van der Waals surface area (Å²) in [5.74, 6) is -2.72. The molecule has 3 atom stereocenters. The van der Waals surface area contributed by atoms with Gasteiger partial charge in [-0.15, -0.1) is 0 Å². The maximum absolute atomic E-state index is 15.1. The smallest absolute Gasteiger partial charge is 0.370 e. The predicted octanol–water partition coefficient (Wildman–Crippen LogP) is 4.40. The minimum atomic E-state index is -5.04.